The summed E-state index contributed by atoms with van der Waals surface area (Å²) >= 11 is 2.68. The topological polar surface area (TPSA) is 71.1 Å². The number of nitrogens with one attached hydrogen (secondary N) is 2. The average Bonchev–Trinajstić information content (AvgIpc) is 3.19. The summed E-state index contributed by atoms with van der Waals surface area (Å²) in [5, 5.41) is 0.776. The van der Waals surface area contributed by atoms with Crippen molar-refractivity contribution in [3.8, 4) is 10.6 Å². The molecule has 2 aromatic heterocycles. The summed E-state index contributed by atoms with van der Waals surface area (Å²) in [6.45, 7) is 3.70. The molecule has 5 nitrogen and oxygen atoms in total. The molecule has 0 bridgehead atoms. The normalized spacial score (nSPS) is 10.4. The number of nitrogens with zero attached hydrogens (tertiary/aromatic N) is 1. The largest absolute Gasteiger partial charge is 0.281 e. The molecule has 3 rings (SSSR count). The van der Waals surface area contributed by atoms with Crippen molar-refractivity contribution in [2.45, 2.75) is 13.8 Å². The van der Waals surface area contributed by atoms with E-state index in [2.05, 4.69) is 15.8 Å². The van der Waals surface area contributed by atoms with E-state index >= 15 is 0 Å². The van der Waals surface area contributed by atoms with Crippen LogP contribution in [0.15, 0.2) is 42.5 Å². The molecule has 122 valence electrons. The van der Waals surface area contributed by atoms with E-state index in [1.165, 1.54) is 22.7 Å². The minimum Gasteiger partial charge on any atom is -0.266 e. The standard InChI is InChI=1S/C17H15N3O2S2/c1-10-8-9-13(23-10)15(21)19-20-16(22)14-11(2)18-17(24-14)12-6-4-3-5-7-12/h3-9H,1-2H3,(H,19,21)(H,20,22). The zero-order valence-electron chi connectivity index (χ0n) is 13.1. The number of thiazole rings is 1. The highest BCUT2D eigenvalue weighted by Crippen LogP contribution is 2.27. The molecule has 2 heterocycles. The number of amides is 2. The Morgan fingerprint density at radius 3 is 2.29 bits per heavy atom. The van der Waals surface area contributed by atoms with Crippen LogP contribution in [0.2, 0.25) is 0 Å². The molecular weight excluding hydrogens is 342 g/mol. The fourth-order valence-corrected chi connectivity index (χ4v) is 3.83. The first-order chi connectivity index (χ1) is 11.5. The second-order valence-corrected chi connectivity index (χ2v) is 7.41. The lowest BCUT2D eigenvalue weighted by atomic mass is 10.2. The minimum absolute atomic E-state index is 0.327. The van der Waals surface area contributed by atoms with Crippen molar-refractivity contribution >= 4 is 34.5 Å². The molecule has 0 fully saturated rings. The van der Waals surface area contributed by atoms with Crippen LogP contribution in [0.4, 0.5) is 0 Å². The number of hydrazine groups is 1. The third-order valence-corrected chi connectivity index (χ3v) is 5.48. The molecule has 0 radical (unpaired) electrons. The summed E-state index contributed by atoms with van der Waals surface area (Å²) in [5.41, 5.74) is 6.49. The van der Waals surface area contributed by atoms with Crippen LogP contribution in [0.1, 0.15) is 29.9 Å². The molecule has 0 unspecified atom stereocenters. The SMILES string of the molecule is Cc1ccc(C(=O)NNC(=O)c2sc(-c3ccccc3)nc2C)s1. The summed E-state index contributed by atoms with van der Waals surface area (Å²) in [6.07, 6.45) is 0. The Kier molecular flexibility index (Phi) is 4.73. The molecule has 0 aliphatic carbocycles. The van der Waals surface area contributed by atoms with Crippen LogP contribution in [-0.4, -0.2) is 16.8 Å². The van der Waals surface area contributed by atoms with E-state index in [0.717, 1.165) is 15.4 Å². The number of aryl methyl sites for hydroxylation is 2. The number of carbonyl (C=O) groups excluding carboxylic acids is 2. The number of rotatable bonds is 3. The summed E-state index contributed by atoms with van der Waals surface area (Å²) < 4.78 is 0. The van der Waals surface area contributed by atoms with Crippen molar-refractivity contribution in [3.05, 3.63) is 62.8 Å². The first kappa shape index (κ1) is 16.4. The van der Waals surface area contributed by atoms with Gasteiger partial charge < -0.3 is 0 Å². The van der Waals surface area contributed by atoms with Gasteiger partial charge in [-0.1, -0.05) is 30.3 Å². The van der Waals surface area contributed by atoms with Gasteiger partial charge in [0, 0.05) is 10.4 Å². The van der Waals surface area contributed by atoms with Gasteiger partial charge in [-0.15, -0.1) is 22.7 Å². The van der Waals surface area contributed by atoms with Crippen molar-refractivity contribution < 1.29 is 9.59 Å². The molecule has 7 heteroatoms. The highest BCUT2D eigenvalue weighted by atomic mass is 32.1. The van der Waals surface area contributed by atoms with E-state index in [1.54, 1.807) is 13.0 Å². The molecule has 0 saturated carbocycles. The quantitative estimate of drug-likeness (QED) is 0.704. The molecule has 2 amide bonds. The van der Waals surface area contributed by atoms with Crippen LogP contribution in [0.5, 0.6) is 0 Å². The van der Waals surface area contributed by atoms with Crippen LogP contribution in [0, 0.1) is 13.8 Å². The fraction of sp³-hybridized carbons (Fsp3) is 0.118. The number of aromatic nitrogens is 1. The lowest BCUT2D eigenvalue weighted by Crippen LogP contribution is -2.41. The highest BCUT2D eigenvalue weighted by molar-refractivity contribution is 7.17. The second-order valence-electron chi connectivity index (χ2n) is 5.12. The molecule has 24 heavy (non-hydrogen) atoms. The number of hydrogen-bond donors (Lipinski definition) is 2. The predicted molar refractivity (Wildman–Crippen MR) is 96.3 cm³/mol. The van der Waals surface area contributed by atoms with Crippen LogP contribution in [-0.2, 0) is 0 Å². The Labute approximate surface area is 147 Å². The molecule has 1 aromatic carbocycles. The van der Waals surface area contributed by atoms with Crippen molar-refractivity contribution in [3.63, 3.8) is 0 Å². The number of thiophene rings is 1. The molecule has 0 spiro atoms. The zero-order chi connectivity index (χ0) is 17.1. The first-order valence-corrected chi connectivity index (χ1v) is 8.88. The number of hydrogen-bond acceptors (Lipinski definition) is 5. The van der Waals surface area contributed by atoms with Gasteiger partial charge in [-0.2, -0.15) is 0 Å². The van der Waals surface area contributed by atoms with E-state index < -0.39 is 0 Å². The Bertz CT molecular complexity index is 884. The van der Waals surface area contributed by atoms with Gasteiger partial charge in [0.1, 0.15) is 9.88 Å². The smallest absolute Gasteiger partial charge is 0.266 e. The Morgan fingerprint density at radius 1 is 0.917 bits per heavy atom. The molecule has 0 aliphatic heterocycles. The predicted octanol–water partition coefficient (Wildman–Crippen LogP) is 3.56. The molecule has 3 aromatic rings. The van der Waals surface area contributed by atoms with Crippen molar-refractivity contribution in [2.75, 3.05) is 0 Å². The molecule has 0 aliphatic rings. The van der Waals surface area contributed by atoms with E-state index in [4.69, 9.17) is 0 Å². The maximum atomic E-state index is 12.3. The molecular formula is C17H15N3O2S2. The van der Waals surface area contributed by atoms with Gasteiger partial charge in [0.05, 0.1) is 10.6 Å². The Morgan fingerprint density at radius 2 is 1.62 bits per heavy atom. The van der Waals surface area contributed by atoms with E-state index in [1.807, 2.05) is 43.3 Å². The first-order valence-electron chi connectivity index (χ1n) is 7.24. The minimum atomic E-state index is -0.367. The van der Waals surface area contributed by atoms with Crippen LogP contribution >= 0.6 is 22.7 Å². The number of benzene rings is 1. The Hall–Kier alpha value is -2.51. The monoisotopic (exact) mass is 357 g/mol. The van der Waals surface area contributed by atoms with Gasteiger partial charge in [0.15, 0.2) is 0 Å². The maximum absolute atomic E-state index is 12.3. The van der Waals surface area contributed by atoms with Crippen LogP contribution in [0.3, 0.4) is 0 Å². The van der Waals surface area contributed by atoms with Crippen molar-refractivity contribution in [2.24, 2.45) is 0 Å². The second kappa shape index (κ2) is 6.94. The van der Waals surface area contributed by atoms with Gasteiger partial charge in [-0.05, 0) is 26.0 Å². The van der Waals surface area contributed by atoms with Gasteiger partial charge in [0.2, 0.25) is 0 Å². The summed E-state index contributed by atoms with van der Waals surface area (Å²) in [4.78, 5) is 30.8. The van der Waals surface area contributed by atoms with E-state index in [-0.39, 0.29) is 11.8 Å². The van der Waals surface area contributed by atoms with E-state index in [0.29, 0.717) is 15.4 Å². The van der Waals surface area contributed by atoms with Gasteiger partial charge >= 0.3 is 0 Å². The summed E-state index contributed by atoms with van der Waals surface area (Å²) in [6, 6.07) is 13.3. The summed E-state index contributed by atoms with van der Waals surface area (Å²) in [7, 11) is 0. The third kappa shape index (κ3) is 3.52. The van der Waals surface area contributed by atoms with Gasteiger partial charge in [0.25, 0.3) is 11.8 Å². The number of carbonyl (C=O) groups is 2. The Balaban J connectivity index is 1.69. The maximum Gasteiger partial charge on any atom is 0.281 e. The van der Waals surface area contributed by atoms with Crippen molar-refractivity contribution in [1.29, 1.82) is 0 Å². The van der Waals surface area contributed by atoms with Gasteiger partial charge in [-0.3, -0.25) is 20.4 Å². The van der Waals surface area contributed by atoms with Gasteiger partial charge in [-0.25, -0.2) is 4.98 Å². The molecule has 0 saturated heterocycles. The van der Waals surface area contributed by atoms with E-state index in [9.17, 15) is 9.59 Å². The molecule has 2 N–H and O–H groups in total. The molecule has 0 atom stereocenters. The van der Waals surface area contributed by atoms with Crippen molar-refractivity contribution in [1.82, 2.24) is 15.8 Å². The lowest BCUT2D eigenvalue weighted by molar-refractivity contribution is 0.0850. The lowest BCUT2D eigenvalue weighted by Gasteiger charge is -2.04. The average molecular weight is 357 g/mol. The third-order valence-electron chi connectivity index (χ3n) is 3.28. The zero-order valence-corrected chi connectivity index (χ0v) is 14.8. The summed E-state index contributed by atoms with van der Waals surface area (Å²) in [5.74, 6) is -0.694. The fourth-order valence-electron chi connectivity index (χ4n) is 2.10. The highest BCUT2D eigenvalue weighted by Gasteiger charge is 2.17. The van der Waals surface area contributed by atoms with Crippen LogP contribution in [0.25, 0.3) is 10.6 Å². The van der Waals surface area contributed by atoms with Crippen LogP contribution < -0.4 is 10.9 Å².